The van der Waals surface area contributed by atoms with Crippen molar-refractivity contribution in [1.82, 2.24) is 24.4 Å². The quantitative estimate of drug-likeness (QED) is 0.195. The van der Waals surface area contributed by atoms with Gasteiger partial charge in [-0.25, -0.2) is 28.6 Å². The second-order valence-electron chi connectivity index (χ2n) is 6.77. The molecule has 22 heteroatoms. The number of ether oxygens (including phenoxy) is 1. The molecule has 2 aromatic rings. The minimum absolute atomic E-state index is 0.0351. The van der Waals surface area contributed by atoms with Gasteiger partial charge < -0.3 is 35.2 Å². The number of carboxylic acid groups (broad SMARTS) is 1. The molecule has 190 valence electrons. The van der Waals surface area contributed by atoms with Crippen molar-refractivity contribution >= 4 is 46.4 Å². The van der Waals surface area contributed by atoms with Crippen LogP contribution in [0.2, 0.25) is 0 Å². The maximum atomic E-state index is 12.0. The van der Waals surface area contributed by atoms with Gasteiger partial charge in [0.25, 0.3) is 0 Å². The number of aliphatic carboxylic acids is 1. The first-order chi connectivity index (χ1) is 15.6. The molecule has 1 fully saturated rings. The number of rotatable bonds is 10. The van der Waals surface area contributed by atoms with Crippen molar-refractivity contribution in [3.63, 3.8) is 0 Å². The van der Waals surface area contributed by atoms with Crippen LogP contribution in [0.25, 0.3) is 11.2 Å². The number of hydrogen-bond donors (Lipinski definition) is 6. The second-order valence-corrected chi connectivity index (χ2v) is 11.2. The Bertz CT molecular complexity index is 1200. The molecule has 0 aromatic carbocycles. The molecule has 7 N–H and O–H groups in total. The summed E-state index contributed by atoms with van der Waals surface area (Å²) in [6, 6.07) is 0. The molecule has 19 nitrogen and oxygen atoms in total. The van der Waals surface area contributed by atoms with Gasteiger partial charge in [0.15, 0.2) is 11.5 Å². The topological polar surface area (TPSA) is 279 Å². The lowest BCUT2D eigenvalue weighted by molar-refractivity contribution is -0.151. The Hall–Kier alpha value is -1.85. The molecule has 4 atom stereocenters. The van der Waals surface area contributed by atoms with Gasteiger partial charge in [-0.3, -0.25) is 18.8 Å². The van der Waals surface area contributed by atoms with Crippen LogP contribution in [0.3, 0.4) is 0 Å². The summed E-state index contributed by atoms with van der Waals surface area (Å²) >= 11 is 0. The van der Waals surface area contributed by atoms with E-state index in [1.165, 1.54) is 22.1 Å². The number of fused-ring (bicyclic) bond motifs is 1. The maximum absolute atomic E-state index is 12.0. The number of morpholine rings is 1. The van der Waals surface area contributed by atoms with Crippen molar-refractivity contribution in [3.8, 4) is 0 Å². The number of phosphoric ester groups is 1. The zero-order valence-electron chi connectivity index (χ0n) is 16.8. The molecule has 1 aliphatic rings. The van der Waals surface area contributed by atoms with Crippen molar-refractivity contribution < 1.29 is 61.1 Å². The minimum atomic E-state index is -5.69. The molecule has 0 spiro atoms. The fourth-order valence-electron chi connectivity index (χ4n) is 3.02. The third kappa shape index (κ3) is 7.32. The largest absolute Gasteiger partial charge is 0.490 e. The van der Waals surface area contributed by atoms with Gasteiger partial charge in [0.2, 0.25) is 0 Å². The molecule has 1 aliphatic heterocycles. The Labute approximate surface area is 189 Å². The van der Waals surface area contributed by atoms with Crippen molar-refractivity contribution in [2.75, 3.05) is 32.0 Å². The average molecular weight is 548 g/mol. The predicted molar refractivity (Wildman–Crippen MR) is 108 cm³/mol. The van der Waals surface area contributed by atoms with Crippen LogP contribution in [0.5, 0.6) is 0 Å². The lowest BCUT2D eigenvalue weighted by atomic mass is 10.2. The van der Waals surface area contributed by atoms with Gasteiger partial charge >= 0.3 is 29.4 Å². The van der Waals surface area contributed by atoms with Crippen LogP contribution in [0, 0.1) is 0 Å². The van der Waals surface area contributed by atoms with Crippen LogP contribution in [0.1, 0.15) is 6.23 Å². The number of imidazole rings is 1. The Morgan fingerprint density at radius 1 is 1.12 bits per heavy atom. The average Bonchev–Trinajstić information content (AvgIpc) is 3.08. The van der Waals surface area contributed by atoms with E-state index in [0.717, 1.165) is 0 Å². The zero-order valence-corrected chi connectivity index (χ0v) is 19.5. The Morgan fingerprint density at radius 3 is 2.47 bits per heavy atom. The number of phosphoric acid groups is 3. The van der Waals surface area contributed by atoms with Crippen molar-refractivity contribution in [3.05, 3.63) is 12.7 Å². The van der Waals surface area contributed by atoms with Gasteiger partial charge in [-0.1, -0.05) is 0 Å². The number of aromatic nitrogens is 4. The highest BCUT2D eigenvalue weighted by molar-refractivity contribution is 7.66. The fraction of sp³-hybridized carbons (Fsp3) is 0.500. The van der Waals surface area contributed by atoms with Crippen molar-refractivity contribution in [1.29, 1.82) is 0 Å². The van der Waals surface area contributed by atoms with Crippen LogP contribution < -0.4 is 5.73 Å². The van der Waals surface area contributed by atoms with E-state index in [2.05, 4.69) is 28.1 Å². The molecule has 0 bridgehead atoms. The summed E-state index contributed by atoms with van der Waals surface area (Å²) in [5.41, 5.74) is 6.27. The Balaban J connectivity index is 1.74. The van der Waals surface area contributed by atoms with Gasteiger partial charge in [0.1, 0.15) is 18.1 Å². The summed E-state index contributed by atoms with van der Waals surface area (Å²) in [7, 11) is -16.6. The predicted octanol–water partition coefficient (Wildman–Crippen LogP) is -0.964. The Morgan fingerprint density at radius 2 is 1.82 bits per heavy atom. The number of nitrogens with two attached hydrogens (primary N) is 1. The fourth-order valence-corrected chi connectivity index (χ4v) is 6.07. The maximum Gasteiger partial charge on any atom is 0.490 e. The normalized spacial score (nSPS) is 23.4. The molecule has 2 aromatic heterocycles. The third-order valence-corrected chi connectivity index (χ3v) is 7.92. The van der Waals surface area contributed by atoms with Gasteiger partial charge in [0.05, 0.1) is 25.6 Å². The number of hydrogen-bond acceptors (Lipinski definition) is 13. The summed E-state index contributed by atoms with van der Waals surface area (Å²) in [5.74, 6) is -1.08. The summed E-state index contributed by atoms with van der Waals surface area (Å²) in [6.07, 6.45) is 0.506. The Kier molecular flexibility index (Phi) is 7.89. The summed E-state index contributed by atoms with van der Waals surface area (Å²) in [5, 5.41) is 9.15. The van der Waals surface area contributed by atoms with E-state index in [1.807, 2.05) is 0 Å². The molecular weight excluding hydrogens is 529 g/mol. The number of carbonyl (C=O) groups is 1. The van der Waals surface area contributed by atoms with E-state index >= 15 is 0 Å². The highest BCUT2D eigenvalue weighted by atomic mass is 31.3. The zero-order chi connectivity index (χ0) is 25.3. The second kappa shape index (κ2) is 10.0. The van der Waals surface area contributed by atoms with E-state index < -0.39 is 54.9 Å². The molecule has 2 unspecified atom stereocenters. The van der Waals surface area contributed by atoms with Gasteiger partial charge in [-0.2, -0.15) is 8.62 Å². The van der Waals surface area contributed by atoms with E-state index in [4.69, 9.17) is 25.4 Å². The molecule has 0 aliphatic carbocycles. The molecule has 0 amide bonds. The van der Waals surface area contributed by atoms with Crippen LogP contribution in [-0.4, -0.2) is 87.4 Å². The molecule has 3 rings (SSSR count). The first-order valence-electron chi connectivity index (χ1n) is 8.95. The summed E-state index contributed by atoms with van der Waals surface area (Å²) in [6.45, 7) is -1.27. The minimum Gasteiger partial charge on any atom is -0.480 e. The number of carboxylic acids is 1. The van der Waals surface area contributed by atoms with E-state index in [1.54, 1.807) is 0 Å². The molecule has 0 saturated carbocycles. The van der Waals surface area contributed by atoms with Crippen LogP contribution >= 0.6 is 23.5 Å². The summed E-state index contributed by atoms with van der Waals surface area (Å²) < 4.78 is 53.2. The molecular formula is C12H19N6O13P3. The highest BCUT2D eigenvalue weighted by Gasteiger charge is 2.41. The van der Waals surface area contributed by atoms with Crippen molar-refractivity contribution in [2.24, 2.45) is 0 Å². The van der Waals surface area contributed by atoms with Crippen LogP contribution in [0.4, 0.5) is 5.82 Å². The number of nitrogens with zero attached hydrogens (tertiary/aromatic N) is 5. The number of anilines is 1. The van der Waals surface area contributed by atoms with Gasteiger partial charge in [-0.15, -0.1) is 0 Å². The molecule has 3 heterocycles. The van der Waals surface area contributed by atoms with Gasteiger partial charge in [-0.05, 0) is 0 Å². The highest BCUT2D eigenvalue weighted by Crippen LogP contribution is 2.66. The third-order valence-electron chi connectivity index (χ3n) is 4.12. The van der Waals surface area contributed by atoms with Crippen LogP contribution in [0.15, 0.2) is 12.7 Å². The molecule has 1 saturated heterocycles. The monoisotopic (exact) mass is 548 g/mol. The molecule has 34 heavy (non-hydrogen) atoms. The lowest BCUT2D eigenvalue weighted by Gasteiger charge is -2.37. The first kappa shape index (κ1) is 26.7. The van der Waals surface area contributed by atoms with Crippen molar-refractivity contribution in [2.45, 2.75) is 12.3 Å². The smallest absolute Gasteiger partial charge is 0.480 e. The summed E-state index contributed by atoms with van der Waals surface area (Å²) in [4.78, 5) is 60.6. The van der Waals surface area contributed by atoms with E-state index in [9.17, 15) is 28.3 Å². The molecule has 0 radical (unpaired) electrons. The SMILES string of the molecule is Nc1ncnc2c1ncn2[C@H]1CN(CC(=O)O)C[C@@H](COP(=O)(O)OP(=O)(O)OP(=O)(O)O)O1. The standard InChI is InChI=1S/C12H19N6O13P3/c13-11-10-12(15-5-14-11)18(6-16-10)8-2-17(3-9(19)20)1-7(29-8)4-28-33(24,25)31-34(26,27)30-32(21,22)23/h5-8H,1-4H2,(H,19,20)(H,24,25)(H,26,27)(H2,13,14,15)(H2,21,22,23)/t7-,8+/m0/s1. The van der Waals surface area contributed by atoms with Crippen LogP contribution in [-0.2, 0) is 36.4 Å². The van der Waals surface area contributed by atoms with E-state index in [0.29, 0.717) is 0 Å². The number of nitrogen functional groups attached to an aromatic ring is 1. The van der Waals surface area contributed by atoms with E-state index in [-0.39, 0.29) is 30.1 Å². The first-order valence-corrected chi connectivity index (χ1v) is 13.5. The lowest BCUT2D eigenvalue weighted by Crippen LogP contribution is -2.48. The van der Waals surface area contributed by atoms with Gasteiger partial charge in [0, 0.05) is 13.1 Å².